The number of aliphatic hydroxyl groups excluding tert-OH is 1. The van der Waals surface area contributed by atoms with Crippen molar-refractivity contribution in [3.05, 3.63) is 0 Å². The van der Waals surface area contributed by atoms with Crippen molar-refractivity contribution in [2.24, 2.45) is 0 Å². The fourth-order valence-corrected chi connectivity index (χ4v) is 2.96. The van der Waals surface area contributed by atoms with Crippen molar-refractivity contribution in [1.82, 2.24) is 4.31 Å². The smallest absolute Gasteiger partial charge is 0.228 e. The molecule has 6 heteroatoms. The van der Waals surface area contributed by atoms with Gasteiger partial charge in [0.05, 0.1) is 6.61 Å². The fourth-order valence-electron chi connectivity index (χ4n) is 1.42. The van der Waals surface area contributed by atoms with Crippen molar-refractivity contribution >= 4 is 21.6 Å². The highest BCUT2D eigenvalue weighted by atomic mass is 35.5. The maximum Gasteiger partial charge on any atom is 0.228 e. The van der Waals surface area contributed by atoms with Crippen LogP contribution in [0.1, 0.15) is 12.8 Å². The number of hydrogen-bond acceptors (Lipinski definition) is 3. The van der Waals surface area contributed by atoms with E-state index in [1.54, 1.807) is 0 Å². The average Bonchev–Trinajstić information content (AvgIpc) is 2.52. The third kappa shape index (κ3) is 1.90. The first-order valence-electron chi connectivity index (χ1n) is 3.78. The molecule has 0 spiro atoms. The Balaban J connectivity index is 2.74. The van der Waals surface area contributed by atoms with Gasteiger partial charge in [-0.3, -0.25) is 0 Å². The summed E-state index contributed by atoms with van der Waals surface area (Å²) in [5.74, 6) is 0. The van der Waals surface area contributed by atoms with Gasteiger partial charge < -0.3 is 5.11 Å². The summed E-state index contributed by atoms with van der Waals surface area (Å²) in [5, 5.41) is 8.45. The molecule has 0 bridgehead atoms. The third-order valence-electron chi connectivity index (χ3n) is 2.03. The molecular weight excluding hydrogens is 202 g/mol. The van der Waals surface area contributed by atoms with Gasteiger partial charge in [-0.2, -0.15) is 4.31 Å². The van der Waals surface area contributed by atoms with E-state index < -0.39 is 15.2 Å². The molecule has 1 aliphatic rings. The van der Waals surface area contributed by atoms with Gasteiger partial charge in [0.2, 0.25) is 10.0 Å². The lowest BCUT2D eigenvalue weighted by molar-refractivity contribution is 0.214. The van der Waals surface area contributed by atoms with E-state index in [9.17, 15) is 8.42 Å². The molecule has 0 aliphatic carbocycles. The molecule has 1 aliphatic heterocycles. The minimum Gasteiger partial charge on any atom is -0.395 e. The molecular formula is C6H12ClNO3S. The highest BCUT2D eigenvalue weighted by Crippen LogP contribution is 2.21. The molecule has 0 amide bonds. The van der Waals surface area contributed by atoms with Crippen LogP contribution in [0.2, 0.25) is 0 Å². The number of halogens is 1. The molecule has 0 saturated carbocycles. The SMILES string of the molecule is O=S(=O)(CCl)N1CCCC1CO. The predicted molar refractivity (Wildman–Crippen MR) is 46.5 cm³/mol. The van der Waals surface area contributed by atoms with Gasteiger partial charge >= 0.3 is 0 Å². The predicted octanol–water partition coefficient (Wildman–Crippen LogP) is -0.0308. The van der Waals surface area contributed by atoms with Crippen molar-refractivity contribution in [2.45, 2.75) is 18.9 Å². The van der Waals surface area contributed by atoms with Gasteiger partial charge in [-0.15, -0.1) is 11.6 Å². The second-order valence-corrected chi connectivity index (χ2v) is 5.32. The fraction of sp³-hybridized carbons (Fsp3) is 1.00. The Morgan fingerprint density at radius 1 is 1.58 bits per heavy atom. The molecule has 12 heavy (non-hydrogen) atoms. The van der Waals surface area contributed by atoms with E-state index in [0.29, 0.717) is 6.54 Å². The van der Waals surface area contributed by atoms with E-state index in [4.69, 9.17) is 16.7 Å². The minimum atomic E-state index is -3.32. The van der Waals surface area contributed by atoms with E-state index >= 15 is 0 Å². The minimum absolute atomic E-state index is 0.115. The Hall–Kier alpha value is 0.160. The summed E-state index contributed by atoms with van der Waals surface area (Å²) in [4.78, 5) is 0. The van der Waals surface area contributed by atoms with Crippen LogP contribution in [-0.4, -0.2) is 42.2 Å². The van der Waals surface area contributed by atoms with E-state index in [1.807, 2.05) is 0 Å². The molecule has 0 aromatic carbocycles. The second kappa shape index (κ2) is 3.91. The van der Waals surface area contributed by atoms with Crippen LogP contribution in [0.4, 0.5) is 0 Å². The first kappa shape index (κ1) is 10.2. The van der Waals surface area contributed by atoms with E-state index in [2.05, 4.69) is 0 Å². The van der Waals surface area contributed by atoms with Crippen molar-refractivity contribution in [1.29, 1.82) is 0 Å². The van der Waals surface area contributed by atoms with Crippen LogP contribution in [0, 0.1) is 0 Å². The van der Waals surface area contributed by atoms with Gasteiger partial charge in [-0.05, 0) is 12.8 Å². The number of rotatable bonds is 3. The van der Waals surface area contributed by atoms with E-state index in [-0.39, 0.29) is 12.6 Å². The molecule has 4 nitrogen and oxygen atoms in total. The van der Waals surface area contributed by atoms with Crippen LogP contribution in [0.25, 0.3) is 0 Å². The Morgan fingerprint density at radius 3 is 2.75 bits per heavy atom. The second-order valence-electron chi connectivity index (χ2n) is 2.81. The van der Waals surface area contributed by atoms with Crippen LogP contribution < -0.4 is 0 Å². The number of hydrogen-bond donors (Lipinski definition) is 1. The zero-order valence-electron chi connectivity index (χ0n) is 6.61. The molecule has 0 radical (unpaired) electrons. The first-order valence-corrected chi connectivity index (χ1v) is 5.92. The maximum atomic E-state index is 11.3. The molecule has 1 fully saturated rings. The Morgan fingerprint density at radius 2 is 2.25 bits per heavy atom. The van der Waals surface area contributed by atoms with Crippen LogP contribution in [0.15, 0.2) is 0 Å². The van der Waals surface area contributed by atoms with Gasteiger partial charge in [-0.25, -0.2) is 8.42 Å². The Kier molecular flexibility index (Phi) is 3.34. The van der Waals surface area contributed by atoms with Crippen LogP contribution in [0.3, 0.4) is 0 Å². The molecule has 72 valence electrons. The lowest BCUT2D eigenvalue weighted by Gasteiger charge is -2.20. The largest absolute Gasteiger partial charge is 0.395 e. The molecule has 1 N–H and O–H groups in total. The van der Waals surface area contributed by atoms with Gasteiger partial charge in [0.15, 0.2) is 0 Å². The molecule has 1 rings (SSSR count). The summed E-state index contributed by atoms with van der Waals surface area (Å²) in [6, 6.07) is -0.256. The maximum absolute atomic E-state index is 11.3. The summed E-state index contributed by atoms with van der Waals surface area (Å²) < 4.78 is 23.8. The van der Waals surface area contributed by atoms with E-state index in [1.165, 1.54) is 4.31 Å². The normalized spacial score (nSPS) is 26.3. The third-order valence-corrected chi connectivity index (χ3v) is 4.33. The zero-order valence-corrected chi connectivity index (χ0v) is 8.18. The van der Waals surface area contributed by atoms with Gasteiger partial charge in [0.25, 0.3) is 0 Å². The highest BCUT2D eigenvalue weighted by Gasteiger charge is 2.32. The molecule has 1 heterocycles. The lowest BCUT2D eigenvalue weighted by Crippen LogP contribution is -2.38. The molecule has 0 aromatic heterocycles. The average molecular weight is 214 g/mol. The summed E-state index contributed by atoms with van der Waals surface area (Å²) in [7, 11) is -3.32. The standard InChI is InChI=1S/C6H12ClNO3S/c7-5-12(10,11)8-3-1-2-6(8)4-9/h6,9H,1-5H2. The molecule has 1 saturated heterocycles. The Labute approximate surface area is 77.2 Å². The number of nitrogens with zero attached hydrogens (tertiary/aromatic N) is 1. The number of aliphatic hydroxyl groups is 1. The van der Waals surface area contributed by atoms with Gasteiger partial charge in [-0.1, -0.05) is 0 Å². The van der Waals surface area contributed by atoms with Crippen molar-refractivity contribution < 1.29 is 13.5 Å². The lowest BCUT2D eigenvalue weighted by atomic mass is 10.2. The van der Waals surface area contributed by atoms with Crippen LogP contribution in [0.5, 0.6) is 0 Å². The number of sulfonamides is 1. The van der Waals surface area contributed by atoms with Crippen molar-refractivity contribution in [3.8, 4) is 0 Å². The van der Waals surface area contributed by atoms with Crippen molar-refractivity contribution in [3.63, 3.8) is 0 Å². The van der Waals surface area contributed by atoms with Crippen LogP contribution in [-0.2, 0) is 10.0 Å². The quantitative estimate of drug-likeness (QED) is 0.670. The number of alkyl halides is 1. The van der Waals surface area contributed by atoms with E-state index in [0.717, 1.165) is 12.8 Å². The Bertz CT molecular complexity index is 241. The topological polar surface area (TPSA) is 57.6 Å². The summed E-state index contributed by atoms with van der Waals surface area (Å²) in [6.45, 7) is 0.371. The highest BCUT2D eigenvalue weighted by molar-refractivity contribution is 7.90. The molecule has 1 atom stereocenters. The summed E-state index contributed by atoms with van der Waals surface area (Å²) in [5.41, 5.74) is 0. The first-order chi connectivity index (χ1) is 5.61. The van der Waals surface area contributed by atoms with Crippen LogP contribution >= 0.6 is 11.6 Å². The molecule has 0 aromatic rings. The van der Waals surface area contributed by atoms with Crippen molar-refractivity contribution in [2.75, 3.05) is 18.4 Å². The summed E-state index contributed by atoms with van der Waals surface area (Å²) >= 11 is 5.28. The van der Waals surface area contributed by atoms with Gasteiger partial charge in [0, 0.05) is 12.6 Å². The summed E-state index contributed by atoms with van der Waals surface area (Å²) in [6.07, 6.45) is 1.54. The molecule has 1 unspecified atom stereocenters. The zero-order chi connectivity index (χ0) is 9.19. The monoisotopic (exact) mass is 213 g/mol. The van der Waals surface area contributed by atoms with Gasteiger partial charge in [0.1, 0.15) is 5.21 Å².